The van der Waals surface area contributed by atoms with Crippen molar-refractivity contribution in [3.05, 3.63) is 72.6 Å². The summed E-state index contributed by atoms with van der Waals surface area (Å²) in [7, 11) is 3.99. The Hall–Kier alpha value is -2.88. The Morgan fingerprint density at radius 2 is 1.77 bits per heavy atom. The van der Waals surface area contributed by atoms with Gasteiger partial charge in [0.1, 0.15) is 11.6 Å². The lowest BCUT2D eigenvalue weighted by Gasteiger charge is -2.12. The van der Waals surface area contributed by atoms with Crippen molar-refractivity contribution in [2.75, 3.05) is 25.6 Å². The summed E-state index contributed by atoms with van der Waals surface area (Å²) in [5, 5.41) is 0. The van der Waals surface area contributed by atoms with Crippen molar-refractivity contribution >= 4 is 5.82 Å². The number of ether oxygens (including phenoxy) is 1. The van der Waals surface area contributed by atoms with Gasteiger partial charge < -0.3 is 9.64 Å². The summed E-state index contributed by atoms with van der Waals surface area (Å²) in [6.45, 7) is 0.730. The van der Waals surface area contributed by atoms with Gasteiger partial charge in [0.15, 0.2) is 0 Å². The van der Waals surface area contributed by atoms with Crippen molar-refractivity contribution in [2.45, 2.75) is 19.3 Å². The van der Waals surface area contributed by atoms with Crippen molar-refractivity contribution < 1.29 is 4.74 Å². The minimum atomic E-state index is 0.730. The highest BCUT2D eigenvalue weighted by molar-refractivity contribution is 5.62. The van der Waals surface area contributed by atoms with Crippen LogP contribution in [0.1, 0.15) is 18.4 Å². The standard InChI is InChI=1S/C22H25N3O/c1-25(2)22-10-5-9-21(24-22)19-11-13-20(14-12-19)26-16-4-3-7-18-8-6-15-23-17-18/h5-6,8-15,17H,3-4,7,16H2,1-2H3. The zero-order valence-electron chi connectivity index (χ0n) is 15.4. The molecule has 0 radical (unpaired) electrons. The first-order valence-corrected chi connectivity index (χ1v) is 8.99. The maximum Gasteiger partial charge on any atom is 0.128 e. The lowest BCUT2D eigenvalue weighted by Crippen LogP contribution is -2.10. The van der Waals surface area contributed by atoms with Gasteiger partial charge in [-0.1, -0.05) is 12.1 Å². The number of unbranched alkanes of at least 4 members (excludes halogenated alkanes) is 1. The molecule has 0 N–H and O–H groups in total. The topological polar surface area (TPSA) is 38.2 Å². The molecule has 2 heterocycles. The molecule has 2 aromatic heterocycles. The number of aromatic nitrogens is 2. The second-order valence-corrected chi connectivity index (χ2v) is 6.47. The highest BCUT2D eigenvalue weighted by Gasteiger charge is 2.03. The first-order valence-electron chi connectivity index (χ1n) is 8.99. The Labute approximate surface area is 155 Å². The number of pyridine rings is 2. The maximum atomic E-state index is 5.85. The Balaban J connectivity index is 1.48. The third kappa shape index (κ3) is 5.06. The maximum absolute atomic E-state index is 5.85. The van der Waals surface area contributed by atoms with Crippen LogP contribution < -0.4 is 9.64 Å². The van der Waals surface area contributed by atoms with Gasteiger partial charge >= 0.3 is 0 Å². The monoisotopic (exact) mass is 347 g/mol. The van der Waals surface area contributed by atoms with Crippen LogP contribution in [0.5, 0.6) is 5.75 Å². The Morgan fingerprint density at radius 3 is 2.50 bits per heavy atom. The molecule has 0 saturated carbocycles. The normalized spacial score (nSPS) is 10.5. The fourth-order valence-electron chi connectivity index (χ4n) is 2.72. The molecule has 0 spiro atoms. The van der Waals surface area contributed by atoms with Gasteiger partial charge in [-0.15, -0.1) is 0 Å². The summed E-state index contributed by atoms with van der Waals surface area (Å²) >= 11 is 0. The molecule has 26 heavy (non-hydrogen) atoms. The third-order valence-electron chi connectivity index (χ3n) is 4.19. The van der Waals surface area contributed by atoms with E-state index in [4.69, 9.17) is 4.74 Å². The molecular weight excluding hydrogens is 322 g/mol. The molecule has 1 aromatic carbocycles. The number of hydrogen-bond donors (Lipinski definition) is 0. The van der Waals surface area contributed by atoms with Crippen molar-refractivity contribution in [1.29, 1.82) is 0 Å². The van der Waals surface area contributed by atoms with E-state index in [2.05, 4.69) is 28.2 Å². The first kappa shape index (κ1) is 17.9. The average molecular weight is 347 g/mol. The largest absolute Gasteiger partial charge is 0.494 e. The van der Waals surface area contributed by atoms with E-state index in [9.17, 15) is 0 Å². The van der Waals surface area contributed by atoms with Crippen molar-refractivity contribution in [3.8, 4) is 17.0 Å². The zero-order chi connectivity index (χ0) is 18.2. The molecule has 0 aliphatic heterocycles. The SMILES string of the molecule is CN(C)c1cccc(-c2ccc(OCCCCc3cccnc3)cc2)n1. The first-order chi connectivity index (χ1) is 12.7. The van der Waals surface area contributed by atoms with Crippen molar-refractivity contribution in [3.63, 3.8) is 0 Å². The third-order valence-corrected chi connectivity index (χ3v) is 4.19. The van der Waals surface area contributed by atoms with Crippen LogP contribution in [0.3, 0.4) is 0 Å². The molecule has 0 saturated heterocycles. The number of nitrogens with zero attached hydrogens (tertiary/aromatic N) is 3. The molecule has 4 heteroatoms. The molecule has 0 aliphatic rings. The minimum absolute atomic E-state index is 0.730. The van der Waals surface area contributed by atoms with Crippen LogP contribution in [0.2, 0.25) is 0 Å². The Bertz CT molecular complexity index is 801. The number of aryl methyl sites for hydroxylation is 1. The molecule has 4 nitrogen and oxygen atoms in total. The Kier molecular flexibility index (Phi) is 6.20. The van der Waals surface area contributed by atoms with E-state index in [-0.39, 0.29) is 0 Å². The summed E-state index contributed by atoms with van der Waals surface area (Å²) in [4.78, 5) is 10.8. The molecule has 0 unspecified atom stereocenters. The predicted molar refractivity (Wildman–Crippen MR) is 107 cm³/mol. The average Bonchev–Trinajstić information content (AvgIpc) is 2.69. The van der Waals surface area contributed by atoms with Crippen LogP contribution >= 0.6 is 0 Å². The number of rotatable bonds is 8. The highest BCUT2D eigenvalue weighted by Crippen LogP contribution is 2.22. The van der Waals surface area contributed by atoms with Crippen LogP contribution in [-0.2, 0) is 6.42 Å². The van der Waals surface area contributed by atoms with Crippen molar-refractivity contribution in [1.82, 2.24) is 9.97 Å². The van der Waals surface area contributed by atoms with E-state index in [0.717, 1.165) is 48.7 Å². The van der Waals surface area contributed by atoms with Crippen LogP contribution in [0.25, 0.3) is 11.3 Å². The van der Waals surface area contributed by atoms with Gasteiger partial charge in [-0.25, -0.2) is 4.98 Å². The van der Waals surface area contributed by atoms with Gasteiger partial charge in [-0.2, -0.15) is 0 Å². The summed E-state index contributed by atoms with van der Waals surface area (Å²) in [6, 6.07) is 18.3. The number of hydrogen-bond acceptors (Lipinski definition) is 4. The van der Waals surface area contributed by atoms with Crippen molar-refractivity contribution in [2.24, 2.45) is 0 Å². The van der Waals surface area contributed by atoms with Crippen LogP contribution in [-0.4, -0.2) is 30.7 Å². The quantitative estimate of drug-likeness (QED) is 0.558. The summed E-state index contributed by atoms with van der Waals surface area (Å²) in [6.07, 6.45) is 6.92. The molecule has 0 fully saturated rings. The molecule has 3 rings (SSSR count). The molecule has 0 atom stereocenters. The molecule has 0 aliphatic carbocycles. The lowest BCUT2D eigenvalue weighted by molar-refractivity contribution is 0.307. The lowest BCUT2D eigenvalue weighted by atomic mass is 10.1. The number of anilines is 1. The van der Waals surface area contributed by atoms with Gasteiger partial charge in [0.25, 0.3) is 0 Å². The van der Waals surface area contributed by atoms with Gasteiger partial charge in [0.05, 0.1) is 12.3 Å². The van der Waals surface area contributed by atoms with E-state index in [0.29, 0.717) is 0 Å². The van der Waals surface area contributed by atoms with Crippen LogP contribution in [0, 0.1) is 0 Å². The summed E-state index contributed by atoms with van der Waals surface area (Å²) < 4.78 is 5.85. The van der Waals surface area contributed by atoms with Crippen LogP contribution in [0.4, 0.5) is 5.82 Å². The Morgan fingerprint density at radius 1 is 0.923 bits per heavy atom. The molecule has 3 aromatic rings. The van der Waals surface area contributed by atoms with E-state index in [1.54, 1.807) is 0 Å². The van der Waals surface area contributed by atoms with E-state index < -0.39 is 0 Å². The highest BCUT2D eigenvalue weighted by atomic mass is 16.5. The molecule has 134 valence electrons. The van der Waals surface area contributed by atoms with E-state index in [1.165, 1.54) is 5.56 Å². The van der Waals surface area contributed by atoms with E-state index >= 15 is 0 Å². The second-order valence-electron chi connectivity index (χ2n) is 6.47. The van der Waals surface area contributed by atoms with Gasteiger partial charge in [0, 0.05) is 32.1 Å². The fraction of sp³-hybridized carbons (Fsp3) is 0.273. The summed E-state index contributed by atoms with van der Waals surface area (Å²) in [5.74, 6) is 1.86. The van der Waals surface area contributed by atoms with Gasteiger partial charge in [0.2, 0.25) is 0 Å². The zero-order valence-corrected chi connectivity index (χ0v) is 15.4. The fourth-order valence-corrected chi connectivity index (χ4v) is 2.72. The van der Waals surface area contributed by atoms with Gasteiger partial charge in [-0.05, 0) is 67.3 Å². The smallest absolute Gasteiger partial charge is 0.128 e. The molecule has 0 amide bonds. The summed E-state index contributed by atoms with van der Waals surface area (Å²) in [5.41, 5.74) is 3.35. The molecule has 0 bridgehead atoms. The minimum Gasteiger partial charge on any atom is -0.494 e. The predicted octanol–water partition coefficient (Wildman–Crippen LogP) is 4.61. The van der Waals surface area contributed by atoms with Crippen LogP contribution in [0.15, 0.2) is 67.0 Å². The number of benzene rings is 1. The molecular formula is C22H25N3O. The van der Waals surface area contributed by atoms with Gasteiger partial charge in [-0.3, -0.25) is 4.98 Å². The van der Waals surface area contributed by atoms with E-state index in [1.807, 2.05) is 67.8 Å². The second kappa shape index (κ2) is 8.99.